The number of benzene rings is 2. The molecule has 0 aliphatic carbocycles. The van der Waals surface area contributed by atoms with Crippen LogP contribution in [0, 0.1) is 0 Å². The number of amides is 3. The van der Waals surface area contributed by atoms with Crippen LogP contribution in [0.3, 0.4) is 0 Å². The Morgan fingerprint density at radius 1 is 0.946 bits per heavy atom. The maximum Gasteiger partial charge on any atom is 0.259 e. The maximum absolute atomic E-state index is 13.1. The van der Waals surface area contributed by atoms with Crippen molar-refractivity contribution >= 4 is 50.7 Å². The first kappa shape index (κ1) is 24.5. The molecule has 2 aromatic carbocycles. The van der Waals surface area contributed by atoms with Crippen molar-refractivity contribution in [2.24, 2.45) is 12.8 Å². The molecular weight excluding hydrogens is 466 g/mol. The summed E-state index contributed by atoms with van der Waals surface area (Å²) in [7, 11) is 1.93. The smallest absolute Gasteiger partial charge is 0.259 e. The Hall–Kier alpha value is -4.17. The van der Waals surface area contributed by atoms with Crippen molar-refractivity contribution in [1.82, 2.24) is 19.8 Å². The van der Waals surface area contributed by atoms with Crippen LogP contribution in [0.4, 0.5) is 0 Å². The number of nitrogens with one attached hydrogen (secondary N) is 2. The van der Waals surface area contributed by atoms with Gasteiger partial charge in [-0.1, -0.05) is 36.4 Å². The fraction of sp³-hybridized carbons (Fsp3) is 0.276. The zero-order valence-corrected chi connectivity index (χ0v) is 21.1. The van der Waals surface area contributed by atoms with Gasteiger partial charge in [0.2, 0.25) is 5.91 Å². The zero-order valence-electron chi connectivity index (χ0n) is 21.1. The minimum absolute atomic E-state index is 0.00128. The second-order valence-electron chi connectivity index (χ2n) is 9.68. The molecule has 190 valence electrons. The number of fused-ring (bicyclic) bond motifs is 2. The lowest BCUT2D eigenvalue weighted by atomic mass is 9.95. The van der Waals surface area contributed by atoms with Crippen LogP contribution >= 0.6 is 0 Å². The van der Waals surface area contributed by atoms with E-state index >= 15 is 0 Å². The van der Waals surface area contributed by atoms with Crippen LogP contribution in [-0.4, -0.2) is 39.4 Å². The molecule has 8 heteroatoms. The fourth-order valence-electron chi connectivity index (χ4n) is 5.07. The first-order valence-electron chi connectivity index (χ1n) is 12.6. The summed E-state index contributed by atoms with van der Waals surface area (Å²) in [6.07, 6.45) is 5.66. The third-order valence-corrected chi connectivity index (χ3v) is 6.88. The molecule has 0 saturated heterocycles. The van der Waals surface area contributed by atoms with E-state index in [-0.39, 0.29) is 17.9 Å². The summed E-state index contributed by atoms with van der Waals surface area (Å²) in [5.74, 6) is -0.777. The Kier molecular flexibility index (Phi) is 6.67. The monoisotopic (exact) mass is 497 g/mol. The van der Waals surface area contributed by atoms with E-state index in [4.69, 9.17) is 5.73 Å². The standard InChI is InChI=1S/C29H31N5O3/c1-18(30)12-13-25(35)31-14-7-15-34-17-22(20-9-4-6-11-24(20)34)27-26(28(36)32-29(27)37)21-16-33(2)23-10-5-3-8-19(21)23/h3-6,8-11,16-18H,7,12-15,30H2,1-2H3,(H,31,35)(H,32,36,37). The molecule has 0 radical (unpaired) electrons. The van der Waals surface area contributed by atoms with Crippen LogP contribution in [-0.2, 0) is 28.0 Å². The summed E-state index contributed by atoms with van der Waals surface area (Å²) in [4.78, 5) is 38.3. The minimum atomic E-state index is -0.391. The summed E-state index contributed by atoms with van der Waals surface area (Å²) in [6.45, 7) is 3.09. The van der Waals surface area contributed by atoms with Gasteiger partial charge in [-0.2, -0.15) is 0 Å². The number of rotatable bonds is 9. The van der Waals surface area contributed by atoms with Crippen LogP contribution in [0.1, 0.15) is 37.3 Å². The number of nitrogens with zero attached hydrogens (tertiary/aromatic N) is 2. The number of imide groups is 1. The van der Waals surface area contributed by atoms with E-state index in [0.29, 0.717) is 37.1 Å². The van der Waals surface area contributed by atoms with Crippen molar-refractivity contribution in [3.63, 3.8) is 0 Å². The number of aromatic nitrogens is 2. The maximum atomic E-state index is 13.1. The third-order valence-electron chi connectivity index (χ3n) is 6.88. The average molecular weight is 498 g/mol. The SMILES string of the molecule is CC(N)CCC(=O)NCCCn1cc(C2=C(c3cn(C)c4ccccc34)C(=O)NC2=O)c2ccccc21. The molecule has 4 N–H and O–H groups in total. The van der Waals surface area contributed by atoms with E-state index < -0.39 is 5.91 Å². The summed E-state index contributed by atoms with van der Waals surface area (Å²) < 4.78 is 4.06. The van der Waals surface area contributed by atoms with Crippen LogP contribution < -0.4 is 16.4 Å². The van der Waals surface area contributed by atoms with Gasteiger partial charge in [-0.3, -0.25) is 19.7 Å². The molecule has 1 aliphatic heterocycles. The molecule has 5 rings (SSSR count). The molecule has 3 amide bonds. The molecule has 37 heavy (non-hydrogen) atoms. The summed E-state index contributed by atoms with van der Waals surface area (Å²) in [5.41, 5.74) is 9.94. The van der Waals surface area contributed by atoms with Crippen molar-refractivity contribution in [3.8, 4) is 0 Å². The van der Waals surface area contributed by atoms with E-state index in [0.717, 1.165) is 39.4 Å². The molecule has 2 aromatic heterocycles. The first-order valence-corrected chi connectivity index (χ1v) is 12.6. The molecule has 4 aromatic rings. The first-order chi connectivity index (χ1) is 17.8. The van der Waals surface area contributed by atoms with Gasteiger partial charge in [0.15, 0.2) is 0 Å². The molecular formula is C29H31N5O3. The van der Waals surface area contributed by atoms with Crippen LogP contribution in [0.25, 0.3) is 33.0 Å². The number of carbonyl (C=O) groups is 3. The lowest BCUT2D eigenvalue weighted by Gasteiger charge is -2.08. The molecule has 1 atom stereocenters. The van der Waals surface area contributed by atoms with Crippen molar-refractivity contribution < 1.29 is 14.4 Å². The van der Waals surface area contributed by atoms with Gasteiger partial charge < -0.3 is 20.2 Å². The number of hydrogen-bond acceptors (Lipinski definition) is 4. The number of nitrogens with two attached hydrogens (primary N) is 1. The summed E-state index contributed by atoms with van der Waals surface area (Å²) in [6, 6.07) is 15.7. The van der Waals surface area contributed by atoms with Gasteiger partial charge in [-0.25, -0.2) is 0 Å². The number of aryl methyl sites for hydroxylation is 2. The van der Waals surface area contributed by atoms with Crippen molar-refractivity contribution in [1.29, 1.82) is 0 Å². The van der Waals surface area contributed by atoms with E-state index in [1.807, 2.05) is 79.5 Å². The number of para-hydroxylation sites is 2. The Morgan fingerprint density at radius 3 is 2.22 bits per heavy atom. The second-order valence-corrected chi connectivity index (χ2v) is 9.68. The molecule has 1 aliphatic rings. The van der Waals surface area contributed by atoms with E-state index in [2.05, 4.69) is 15.2 Å². The highest BCUT2D eigenvalue weighted by Gasteiger charge is 2.35. The number of carbonyl (C=O) groups excluding carboxylic acids is 3. The molecule has 0 fully saturated rings. The highest BCUT2D eigenvalue weighted by Crippen LogP contribution is 2.38. The van der Waals surface area contributed by atoms with Crippen LogP contribution in [0.15, 0.2) is 60.9 Å². The van der Waals surface area contributed by atoms with E-state index in [1.165, 1.54) is 0 Å². The lowest BCUT2D eigenvalue weighted by molar-refractivity contribution is -0.123. The van der Waals surface area contributed by atoms with Gasteiger partial charge in [-0.15, -0.1) is 0 Å². The summed E-state index contributed by atoms with van der Waals surface area (Å²) >= 11 is 0. The van der Waals surface area contributed by atoms with Gasteiger partial charge in [0, 0.05) is 77.9 Å². The van der Waals surface area contributed by atoms with Gasteiger partial charge in [0.1, 0.15) is 0 Å². The Morgan fingerprint density at radius 2 is 1.54 bits per heavy atom. The van der Waals surface area contributed by atoms with Crippen molar-refractivity contribution in [2.45, 2.75) is 38.8 Å². The normalized spacial score (nSPS) is 14.6. The molecule has 3 heterocycles. The summed E-state index contributed by atoms with van der Waals surface area (Å²) in [5, 5.41) is 7.30. The lowest BCUT2D eigenvalue weighted by Crippen LogP contribution is -2.27. The van der Waals surface area contributed by atoms with Crippen molar-refractivity contribution in [2.75, 3.05) is 6.54 Å². The highest BCUT2D eigenvalue weighted by molar-refractivity contribution is 6.50. The molecule has 0 bridgehead atoms. The van der Waals surface area contributed by atoms with Gasteiger partial charge in [0.05, 0.1) is 11.1 Å². The van der Waals surface area contributed by atoms with Crippen molar-refractivity contribution in [3.05, 3.63) is 72.1 Å². The Bertz CT molecular complexity index is 1560. The fourth-order valence-corrected chi connectivity index (χ4v) is 5.07. The van der Waals surface area contributed by atoms with Gasteiger partial charge in [0.25, 0.3) is 11.8 Å². The van der Waals surface area contributed by atoms with Crippen LogP contribution in [0.5, 0.6) is 0 Å². The quantitative estimate of drug-likeness (QED) is 0.243. The topological polar surface area (TPSA) is 111 Å². The molecule has 0 saturated carbocycles. The average Bonchev–Trinajstić information content (AvgIpc) is 3.51. The third kappa shape index (κ3) is 4.68. The van der Waals surface area contributed by atoms with Gasteiger partial charge >= 0.3 is 0 Å². The van der Waals surface area contributed by atoms with Gasteiger partial charge in [-0.05, 0) is 31.9 Å². The molecule has 1 unspecified atom stereocenters. The van der Waals surface area contributed by atoms with Crippen LogP contribution in [0.2, 0.25) is 0 Å². The van der Waals surface area contributed by atoms with E-state index in [9.17, 15) is 14.4 Å². The molecule has 0 spiro atoms. The van der Waals surface area contributed by atoms with E-state index in [1.54, 1.807) is 0 Å². The largest absolute Gasteiger partial charge is 0.356 e. The zero-order chi connectivity index (χ0) is 26.1. The predicted molar refractivity (Wildman–Crippen MR) is 145 cm³/mol. The predicted octanol–water partition coefficient (Wildman–Crippen LogP) is 3.33. The Balaban J connectivity index is 1.49. The minimum Gasteiger partial charge on any atom is -0.356 e. The number of hydrogen-bond donors (Lipinski definition) is 3. The second kappa shape index (κ2) is 10.1. The molecule has 8 nitrogen and oxygen atoms in total. The highest BCUT2D eigenvalue weighted by atomic mass is 16.2. The Labute approximate surface area is 215 Å².